The monoisotopic (exact) mass is 311 g/mol. The molecular weight excluding hydrogens is 296 g/mol. The van der Waals surface area contributed by atoms with Crippen LogP contribution in [0, 0.1) is 33.5 Å². The number of rotatable bonds is 2. The number of amidine groups is 1. The smallest absolute Gasteiger partial charge is 0.343 e. The Labute approximate surface area is 132 Å². The van der Waals surface area contributed by atoms with Crippen molar-refractivity contribution in [3.05, 3.63) is 29.8 Å². The highest BCUT2D eigenvalue weighted by Crippen LogP contribution is 2.79. The minimum Gasteiger partial charge on any atom is -0.496 e. The van der Waals surface area contributed by atoms with E-state index < -0.39 is 22.7 Å². The summed E-state index contributed by atoms with van der Waals surface area (Å²) in [5.41, 5.74) is 4.43. The average molecular weight is 311 g/mol. The van der Waals surface area contributed by atoms with Gasteiger partial charge in [-0.1, -0.05) is 18.2 Å². The van der Waals surface area contributed by atoms with Crippen molar-refractivity contribution in [3.8, 4) is 17.9 Å². The number of para-hydroxylation sites is 1. The standard InChI is InChI=1S/C16H14N4O3/c1-21-11-5-3-2-4-10(11)12-14(8-17)13(19)20-16(15(12,14)9-18)22-6-7-23-16/h2-5,12H,6-7H2,1H3,(H2,19,20)/p+1/t12-,14-,15-/m1/s1. The van der Waals surface area contributed by atoms with Gasteiger partial charge in [0.05, 0.1) is 38.4 Å². The molecule has 7 nitrogen and oxygen atoms in total. The van der Waals surface area contributed by atoms with Crippen molar-refractivity contribution in [1.82, 2.24) is 0 Å². The van der Waals surface area contributed by atoms with Gasteiger partial charge in [-0.05, 0) is 6.07 Å². The number of hydrogen-bond donors (Lipinski definition) is 2. The predicted molar refractivity (Wildman–Crippen MR) is 76.6 cm³/mol. The molecule has 2 aliphatic heterocycles. The van der Waals surface area contributed by atoms with Gasteiger partial charge in [-0.15, -0.1) is 0 Å². The van der Waals surface area contributed by atoms with Crippen molar-refractivity contribution in [1.29, 1.82) is 10.5 Å². The molecule has 1 saturated carbocycles. The Morgan fingerprint density at radius 3 is 2.57 bits per heavy atom. The molecule has 1 aromatic carbocycles. The maximum atomic E-state index is 9.99. The first-order chi connectivity index (χ1) is 11.1. The molecular formula is C16H15N4O3+. The van der Waals surface area contributed by atoms with Gasteiger partial charge in [0.2, 0.25) is 0 Å². The van der Waals surface area contributed by atoms with E-state index in [4.69, 9.17) is 19.9 Å². The summed E-state index contributed by atoms with van der Waals surface area (Å²) in [7, 11) is 1.55. The van der Waals surface area contributed by atoms with Crippen molar-refractivity contribution in [2.24, 2.45) is 16.6 Å². The fourth-order valence-corrected chi connectivity index (χ4v) is 4.19. The van der Waals surface area contributed by atoms with E-state index in [2.05, 4.69) is 17.1 Å². The summed E-state index contributed by atoms with van der Waals surface area (Å²) in [6.45, 7) is 0.674. The first kappa shape index (κ1) is 14.0. The SMILES string of the molecule is COc1ccccc1[C@@H]1[C@]2(C#N)C(N)=[NH+]C3(OCCO3)[C@]12C#N. The van der Waals surface area contributed by atoms with Crippen LogP contribution in [0.15, 0.2) is 24.3 Å². The molecule has 23 heavy (non-hydrogen) atoms. The molecule has 3 N–H and O–H groups in total. The van der Waals surface area contributed by atoms with E-state index >= 15 is 0 Å². The third-order valence-corrected chi connectivity index (χ3v) is 5.14. The van der Waals surface area contributed by atoms with E-state index in [0.717, 1.165) is 5.56 Å². The van der Waals surface area contributed by atoms with Gasteiger partial charge in [0, 0.05) is 5.56 Å². The van der Waals surface area contributed by atoms with E-state index in [1.165, 1.54) is 0 Å². The minimum absolute atomic E-state index is 0.208. The number of nitrogens with zero attached hydrogens (tertiary/aromatic N) is 2. The second kappa shape index (κ2) is 4.23. The van der Waals surface area contributed by atoms with Gasteiger partial charge in [-0.25, -0.2) is 4.99 Å². The highest BCUT2D eigenvalue weighted by Gasteiger charge is 2.97. The van der Waals surface area contributed by atoms with Crippen LogP contribution in [0.5, 0.6) is 5.75 Å². The zero-order valence-corrected chi connectivity index (χ0v) is 12.5. The fraction of sp³-hybridized carbons (Fsp3) is 0.438. The molecule has 0 aromatic heterocycles. The Morgan fingerprint density at radius 1 is 1.26 bits per heavy atom. The van der Waals surface area contributed by atoms with Crippen LogP contribution in [0.1, 0.15) is 11.5 Å². The maximum Gasteiger partial charge on any atom is 0.343 e. The largest absolute Gasteiger partial charge is 0.496 e. The molecule has 1 aliphatic carbocycles. The fourth-order valence-electron chi connectivity index (χ4n) is 4.19. The Kier molecular flexibility index (Phi) is 2.57. The average Bonchev–Trinajstić information content (AvgIpc) is 2.82. The van der Waals surface area contributed by atoms with Crippen molar-refractivity contribution in [3.63, 3.8) is 0 Å². The molecule has 3 aliphatic rings. The van der Waals surface area contributed by atoms with Gasteiger partial charge in [0.25, 0.3) is 5.84 Å². The van der Waals surface area contributed by atoms with Gasteiger partial charge in [0.15, 0.2) is 10.8 Å². The lowest BCUT2D eigenvalue weighted by Gasteiger charge is -2.23. The number of nitriles is 2. The lowest BCUT2D eigenvalue weighted by atomic mass is 9.94. The quantitative estimate of drug-likeness (QED) is 0.721. The molecule has 1 aromatic rings. The Hall–Kier alpha value is -2.61. The van der Waals surface area contributed by atoms with Crippen LogP contribution in [0.25, 0.3) is 0 Å². The van der Waals surface area contributed by atoms with Crippen LogP contribution in [0.3, 0.4) is 0 Å². The summed E-state index contributed by atoms with van der Waals surface area (Å²) in [6.07, 6.45) is 0. The molecule has 7 heteroatoms. The minimum atomic E-state index is -1.38. The summed E-state index contributed by atoms with van der Waals surface area (Å²) in [4.78, 5) is 2.91. The Bertz CT molecular complexity index is 802. The molecule has 0 radical (unpaired) electrons. The summed E-state index contributed by atoms with van der Waals surface area (Å²) in [5.74, 6) is -1.05. The van der Waals surface area contributed by atoms with Gasteiger partial charge in [-0.2, -0.15) is 10.5 Å². The molecule has 0 unspecified atom stereocenters. The van der Waals surface area contributed by atoms with Crippen molar-refractivity contribution in [2.75, 3.05) is 20.3 Å². The van der Waals surface area contributed by atoms with Crippen LogP contribution in [-0.4, -0.2) is 32.1 Å². The number of methoxy groups -OCH3 is 1. The zero-order chi connectivity index (χ0) is 16.3. The summed E-state index contributed by atoms with van der Waals surface area (Å²) >= 11 is 0. The summed E-state index contributed by atoms with van der Waals surface area (Å²) < 4.78 is 16.9. The van der Waals surface area contributed by atoms with E-state index in [9.17, 15) is 10.5 Å². The van der Waals surface area contributed by atoms with Crippen LogP contribution in [0.2, 0.25) is 0 Å². The highest BCUT2D eigenvalue weighted by molar-refractivity contribution is 5.95. The third-order valence-electron chi connectivity index (χ3n) is 5.14. The van der Waals surface area contributed by atoms with Gasteiger partial charge in [0.1, 0.15) is 5.75 Å². The number of nitrogens with two attached hydrogens (primary N) is 1. The van der Waals surface area contributed by atoms with E-state index in [0.29, 0.717) is 19.0 Å². The molecule has 2 heterocycles. The topological polar surface area (TPSA) is 115 Å². The molecule has 0 bridgehead atoms. The van der Waals surface area contributed by atoms with E-state index in [1.807, 2.05) is 18.2 Å². The lowest BCUT2D eigenvalue weighted by molar-refractivity contribution is -0.676. The Morgan fingerprint density at radius 2 is 1.96 bits per heavy atom. The van der Waals surface area contributed by atoms with Crippen molar-refractivity contribution >= 4 is 5.84 Å². The van der Waals surface area contributed by atoms with E-state index in [1.54, 1.807) is 13.2 Å². The first-order valence-electron chi connectivity index (χ1n) is 7.28. The van der Waals surface area contributed by atoms with Crippen molar-refractivity contribution in [2.45, 2.75) is 11.8 Å². The maximum absolute atomic E-state index is 9.99. The van der Waals surface area contributed by atoms with Crippen LogP contribution in [0.4, 0.5) is 0 Å². The van der Waals surface area contributed by atoms with Gasteiger partial charge >= 0.3 is 5.91 Å². The molecule has 1 spiro atoms. The van der Waals surface area contributed by atoms with E-state index in [-0.39, 0.29) is 5.84 Å². The number of nitrogens with one attached hydrogen (secondary N) is 1. The van der Waals surface area contributed by atoms with Crippen LogP contribution < -0.4 is 15.5 Å². The third kappa shape index (κ3) is 1.25. The lowest BCUT2D eigenvalue weighted by Crippen LogP contribution is -2.89. The number of hydrogen-bond acceptors (Lipinski definition) is 6. The summed E-state index contributed by atoms with van der Waals surface area (Å²) in [6, 6.07) is 11.8. The molecule has 0 amide bonds. The Balaban J connectivity index is 1.96. The normalized spacial score (nSPS) is 36.0. The number of benzene rings is 1. The predicted octanol–water partition coefficient (Wildman–Crippen LogP) is -1.04. The summed E-state index contributed by atoms with van der Waals surface area (Å²) in [5, 5.41) is 19.9. The number of fused-ring (bicyclic) bond motifs is 2. The number of ether oxygens (including phenoxy) is 3. The van der Waals surface area contributed by atoms with Gasteiger partial charge < -0.3 is 14.2 Å². The molecule has 1 saturated heterocycles. The van der Waals surface area contributed by atoms with Gasteiger partial charge in [-0.3, -0.25) is 5.73 Å². The molecule has 116 valence electrons. The van der Waals surface area contributed by atoms with Crippen LogP contribution >= 0.6 is 0 Å². The van der Waals surface area contributed by atoms with Crippen molar-refractivity contribution < 1.29 is 19.2 Å². The first-order valence-corrected chi connectivity index (χ1v) is 7.28. The molecule has 2 fully saturated rings. The molecule has 3 atom stereocenters. The zero-order valence-electron chi connectivity index (χ0n) is 12.5. The second-order valence-corrected chi connectivity index (χ2v) is 5.87. The highest BCUT2D eigenvalue weighted by atomic mass is 16.8. The van der Waals surface area contributed by atoms with Crippen LogP contribution in [-0.2, 0) is 9.47 Å². The molecule has 4 rings (SSSR count). The second-order valence-electron chi connectivity index (χ2n) is 5.87.